The highest BCUT2D eigenvalue weighted by atomic mass is 16.3. The van der Waals surface area contributed by atoms with Crippen molar-refractivity contribution in [3.63, 3.8) is 0 Å². The van der Waals surface area contributed by atoms with Crippen LogP contribution in [0.4, 0.5) is 0 Å². The van der Waals surface area contributed by atoms with Gasteiger partial charge in [0.15, 0.2) is 5.82 Å². The Kier molecular flexibility index (Phi) is 7.46. The van der Waals surface area contributed by atoms with Crippen molar-refractivity contribution in [2.75, 3.05) is 0 Å². The van der Waals surface area contributed by atoms with Crippen LogP contribution < -0.4 is 0 Å². The fourth-order valence-corrected chi connectivity index (χ4v) is 8.01. The maximum atomic E-state index is 6.71. The molecule has 0 radical (unpaired) electrons. The monoisotopic (exact) mass is 716 g/mol. The number of rotatable bonds is 6. The van der Waals surface area contributed by atoms with E-state index in [4.69, 9.17) is 18.8 Å². The van der Waals surface area contributed by atoms with Crippen LogP contribution in [-0.2, 0) is 0 Å². The van der Waals surface area contributed by atoms with Crippen molar-refractivity contribution < 1.29 is 8.83 Å². The van der Waals surface area contributed by atoms with E-state index in [9.17, 15) is 0 Å². The summed E-state index contributed by atoms with van der Waals surface area (Å²) in [4.78, 5) is 10.3. The molecule has 0 spiro atoms. The Labute approximate surface area is 323 Å². The lowest BCUT2D eigenvalue weighted by Gasteiger charge is -2.13. The molecule has 3 heterocycles. The van der Waals surface area contributed by atoms with Gasteiger partial charge in [-0.15, -0.1) is 0 Å². The van der Waals surface area contributed by atoms with E-state index in [0.717, 1.165) is 105 Å². The molecule has 0 aliphatic rings. The van der Waals surface area contributed by atoms with Crippen LogP contribution in [0.3, 0.4) is 0 Å². The molecule has 0 unspecified atom stereocenters. The molecule has 8 aromatic carbocycles. The number of fused-ring (bicyclic) bond motifs is 6. The molecule has 0 saturated carbocycles. The average molecular weight is 717 g/mol. The molecular weight excluding hydrogens is 685 g/mol. The molecule has 262 valence electrons. The van der Waals surface area contributed by atoms with Crippen LogP contribution in [0.15, 0.2) is 203 Å². The molecular formula is C52H32N2O2. The Balaban J connectivity index is 0.980. The van der Waals surface area contributed by atoms with Crippen LogP contribution in [0, 0.1) is 0 Å². The first-order valence-corrected chi connectivity index (χ1v) is 18.8. The van der Waals surface area contributed by atoms with Gasteiger partial charge in [-0.25, -0.2) is 9.97 Å². The molecule has 4 heteroatoms. The molecule has 0 aliphatic carbocycles. The highest BCUT2D eigenvalue weighted by Crippen LogP contribution is 2.42. The van der Waals surface area contributed by atoms with E-state index in [2.05, 4.69) is 158 Å². The molecule has 0 N–H and O–H groups in total. The second kappa shape index (κ2) is 13.1. The predicted molar refractivity (Wildman–Crippen MR) is 229 cm³/mol. The summed E-state index contributed by atoms with van der Waals surface area (Å²) in [5, 5.41) is 4.37. The Morgan fingerprint density at radius 2 is 0.804 bits per heavy atom. The number of benzene rings is 8. The number of para-hydroxylation sites is 3. The Hall–Kier alpha value is -7.56. The molecule has 0 amide bonds. The number of nitrogens with zero attached hydrogens (tertiary/aromatic N) is 2. The van der Waals surface area contributed by atoms with Crippen molar-refractivity contribution in [1.29, 1.82) is 0 Å². The lowest BCUT2D eigenvalue weighted by molar-refractivity contribution is 0.665. The smallest absolute Gasteiger partial charge is 0.160 e. The van der Waals surface area contributed by atoms with Crippen LogP contribution in [0.2, 0.25) is 0 Å². The molecule has 56 heavy (non-hydrogen) atoms. The first-order valence-electron chi connectivity index (χ1n) is 18.8. The summed E-state index contributed by atoms with van der Waals surface area (Å²) < 4.78 is 13.1. The van der Waals surface area contributed by atoms with Gasteiger partial charge in [-0.2, -0.15) is 0 Å². The van der Waals surface area contributed by atoms with Gasteiger partial charge < -0.3 is 8.83 Å². The summed E-state index contributed by atoms with van der Waals surface area (Å²) in [6, 6.07) is 67.2. The zero-order valence-electron chi connectivity index (χ0n) is 30.2. The summed E-state index contributed by atoms with van der Waals surface area (Å²) in [6.07, 6.45) is 0. The van der Waals surface area contributed by atoms with E-state index in [1.54, 1.807) is 0 Å². The quantitative estimate of drug-likeness (QED) is 0.172. The van der Waals surface area contributed by atoms with Crippen LogP contribution >= 0.6 is 0 Å². The molecule has 11 aromatic rings. The third-order valence-corrected chi connectivity index (χ3v) is 10.8. The number of hydrogen-bond donors (Lipinski definition) is 0. The van der Waals surface area contributed by atoms with Crippen molar-refractivity contribution in [2.24, 2.45) is 0 Å². The van der Waals surface area contributed by atoms with Crippen molar-refractivity contribution in [2.45, 2.75) is 0 Å². The normalized spacial score (nSPS) is 11.6. The van der Waals surface area contributed by atoms with Crippen molar-refractivity contribution in [1.82, 2.24) is 9.97 Å². The Bertz CT molecular complexity index is 3230. The first kappa shape index (κ1) is 31.9. The summed E-state index contributed by atoms with van der Waals surface area (Å²) in [6.45, 7) is 0. The minimum Gasteiger partial charge on any atom is -0.455 e. The highest BCUT2D eigenvalue weighted by molar-refractivity contribution is 6.15. The average Bonchev–Trinajstić information content (AvgIpc) is 3.85. The van der Waals surface area contributed by atoms with Gasteiger partial charge in [0.25, 0.3) is 0 Å². The minimum atomic E-state index is 0.676. The zero-order valence-corrected chi connectivity index (χ0v) is 30.2. The van der Waals surface area contributed by atoms with Crippen LogP contribution in [0.5, 0.6) is 0 Å². The van der Waals surface area contributed by atoms with Gasteiger partial charge in [-0.05, 0) is 46.5 Å². The van der Waals surface area contributed by atoms with E-state index in [1.807, 2.05) is 36.4 Å². The molecule has 0 fully saturated rings. The molecule has 3 aromatic heterocycles. The van der Waals surface area contributed by atoms with E-state index in [-0.39, 0.29) is 0 Å². The van der Waals surface area contributed by atoms with Crippen LogP contribution in [0.25, 0.3) is 111 Å². The van der Waals surface area contributed by atoms with Gasteiger partial charge in [-0.1, -0.05) is 170 Å². The summed E-state index contributed by atoms with van der Waals surface area (Å²) in [5.74, 6) is 0.676. The van der Waals surface area contributed by atoms with Gasteiger partial charge in [-0.3, -0.25) is 0 Å². The molecule has 0 saturated heterocycles. The third-order valence-electron chi connectivity index (χ3n) is 10.8. The van der Waals surface area contributed by atoms with Gasteiger partial charge in [0.2, 0.25) is 0 Å². The lowest BCUT2D eigenvalue weighted by Crippen LogP contribution is -1.97. The highest BCUT2D eigenvalue weighted by Gasteiger charge is 2.18. The fourth-order valence-electron chi connectivity index (χ4n) is 8.01. The van der Waals surface area contributed by atoms with Gasteiger partial charge in [0, 0.05) is 49.4 Å². The summed E-state index contributed by atoms with van der Waals surface area (Å²) in [7, 11) is 0. The lowest BCUT2D eigenvalue weighted by atomic mass is 9.96. The van der Waals surface area contributed by atoms with Gasteiger partial charge >= 0.3 is 0 Å². The Morgan fingerprint density at radius 1 is 0.286 bits per heavy atom. The van der Waals surface area contributed by atoms with E-state index in [0.29, 0.717) is 5.82 Å². The van der Waals surface area contributed by atoms with E-state index >= 15 is 0 Å². The standard InChI is InChI=1S/C52H32N2O2/c1-3-13-34(14-4-1)38-17-7-8-18-39(38)47-32-46(35-15-5-2-6-16-35)53-52(54-47)36-27-25-33(26-28-36)37-29-30-41-43-21-12-23-45(51(43)56-49(41)31-37)44-22-11-20-42-40-19-9-10-24-48(40)55-50(42)44/h1-32H. The maximum absolute atomic E-state index is 6.71. The second-order valence-corrected chi connectivity index (χ2v) is 14.1. The molecule has 4 nitrogen and oxygen atoms in total. The van der Waals surface area contributed by atoms with Crippen LogP contribution in [0.1, 0.15) is 0 Å². The molecule has 0 atom stereocenters. The zero-order chi connectivity index (χ0) is 37.0. The number of aromatic nitrogens is 2. The van der Waals surface area contributed by atoms with Crippen molar-refractivity contribution in [3.8, 4) is 67.3 Å². The fraction of sp³-hybridized carbons (Fsp3) is 0. The first-order chi connectivity index (χ1) is 27.7. The van der Waals surface area contributed by atoms with Gasteiger partial charge in [0.1, 0.15) is 22.3 Å². The molecule has 11 rings (SSSR count). The largest absolute Gasteiger partial charge is 0.455 e. The minimum absolute atomic E-state index is 0.676. The van der Waals surface area contributed by atoms with E-state index < -0.39 is 0 Å². The maximum Gasteiger partial charge on any atom is 0.160 e. The van der Waals surface area contributed by atoms with Crippen molar-refractivity contribution in [3.05, 3.63) is 194 Å². The van der Waals surface area contributed by atoms with Gasteiger partial charge in [0.05, 0.1) is 11.4 Å². The molecule has 0 aliphatic heterocycles. The second-order valence-electron chi connectivity index (χ2n) is 14.1. The van der Waals surface area contributed by atoms with Crippen LogP contribution in [-0.4, -0.2) is 9.97 Å². The number of furan rings is 2. The summed E-state index contributed by atoms with van der Waals surface area (Å²) >= 11 is 0. The Morgan fingerprint density at radius 3 is 1.54 bits per heavy atom. The summed E-state index contributed by atoms with van der Waals surface area (Å²) in [5.41, 5.74) is 14.7. The van der Waals surface area contributed by atoms with E-state index in [1.165, 1.54) is 0 Å². The molecule has 0 bridgehead atoms. The third kappa shape index (κ3) is 5.39. The van der Waals surface area contributed by atoms with Crippen molar-refractivity contribution >= 4 is 43.9 Å². The predicted octanol–water partition coefficient (Wildman–Crippen LogP) is 14.3. The SMILES string of the molecule is c1ccc(-c2cc(-c3ccccc3-c3ccccc3)nc(-c3ccc(-c4ccc5c(c4)oc4c(-c6cccc7c6oc6ccccc67)cccc45)cc3)n2)cc1. The number of hydrogen-bond acceptors (Lipinski definition) is 4. The topological polar surface area (TPSA) is 52.1 Å².